The number of carbonyl (C=O) groups is 2. The van der Waals surface area contributed by atoms with E-state index in [-0.39, 0.29) is 17.5 Å². The van der Waals surface area contributed by atoms with Gasteiger partial charge in [0, 0.05) is 16.0 Å². The highest BCUT2D eigenvalue weighted by Crippen LogP contribution is 2.44. The molecule has 0 radical (unpaired) electrons. The average Bonchev–Trinajstić information content (AvgIpc) is 3.06. The summed E-state index contributed by atoms with van der Waals surface area (Å²) >= 11 is 12.1. The minimum absolute atomic E-state index is 0.0116. The van der Waals surface area contributed by atoms with E-state index in [0.29, 0.717) is 10.6 Å². The first-order valence-electron chi connectivity index (χ1n) is 9.66. The number of fused-ring (bicyclic) bond motifs is 3. The molecule has 0 unspecified atom stereocenters. The standard InChI is InChI=1S/C24H19Cl2NO4/c25-13-9-10-18(20(26)11-13)22(27)21(23(28)29)24(30)31-12-19-16-7-3-1-5-14(16)15-6-2-4-8-17(15)19/h1-11,19,21-22H,12,27H2,(H,28,29)/t21-,22+/m1/s1. The van der Waals surface area contributed by atoms with Gasteiger partial charge in [-0.15, -0.1) is 0 Å². The summed E-state index contributed by atoms with van der Waals surface area (Å²) in [6.45, 7) is 0.0116. The van der Waals surface area contributed by atoms with Crippen LogP contribution in [-0.2, 0) is 14.3 Å². The number of esters is 1. The fourth-order valence-corrected chi connectivity index (χ4v) is 4.58. The molecule has 0 saturated heterocycles. The van der Waals surface area contributed by atoms with E-state index in [0.717, 1.165) is 22.3 Å². The summed E-state index contributed by atoms with van der Waals surface area (Å²) in [7, 11) is 0. The average molecular weight is 456 g/mol. The van der Waals surface area contributed by atoms with Crippen LogP contribution in [0.2, 0.25) is 10.0 Å². The van der Waals surface area contributed by atoms with E-state index >= 15 is 0 Å². The van der Waals surface area contributed by atoms with E-state index in [9.17, 15) is 14.7 Å². The van der Waals surface area contributed by atoms with Crippen LogP contribution in [0.3, 0.4) is 0 Å². The lowest BCUT2D eigenvalue weighted by Gasteiger charge is -2.22. The Morgan fingerprint density at radius 1 is 0.968 bits per heavy atom. The number of carboxylic acids is 1. The van der Waals surface area contributed by atoms with Crippen molar-refractivity contribution in [1.29, 1.82) is 0 Å². The topological polar surface area (TPSA) is 89.6 Å². The first kappa shape index (κ1) is 21.4. The van der Waals surface area contributed by atoms with Gasteiger partial charge in [-0.25, -0.2) is 0 Å². The molecule has 2 atom stereocenters. The summed E-state index contributed by atoms with van der Waals surface area (Å²) in [6.07, 6.45) is 0. The number of hydrogen-bond acceptors (Lipinski definition) is 4. The number of carboxylic acid groups (broad SMARTS) is 1. The number of aliphatic carboxylic acids is 1. The molecule has 1 aliphatic carbocycles. The summed E-state index contributed by atoms with van der Waals surface area (Å²) in [5.41, 5.74) is 10.7. The zero-order valence-electron chi connectivity index (χ0n) is 16.3. The SMILES string of the molecule is N[C@@H](c1ccc(Cl)cc1Cl)[C@H](C(=O)O)C(=O)OCC1c2ccccc2-c2ccccc21. The number of nitrogens with two attached hydrogens (primary N) is 1. The molecule has 0 bridgehead atoms. The molecule has 31 heavy (non-hydrogen) atoms. The van der Waals surface area contributed by atoms with Crippen molar-refractivity contribution >= 4 is 35.1 Å². The van der Waals surface area contributed by atoms with Gasteiger partial charge in [0.15, 0.2) is 5.92 Å². The van der Waals surface area contributed by atoms with Crippen LogP contribution in [0.5, 0.6) is 0 Å². The Balaban J connectivity index is 1.56. The molecule has 7 heteroatoms. The van der Waals surface area contributed by atoms with Crippen molar-refractivity contribution in [3.05, 3.63) is 93.5 Å². The van der Waals surface area contributed by atoms with Crippen molar-refractivity contribution in [3.8, 4) is 11.1 Å². The van der Waals surface area contributed by atoms with Crippen LogP contribution >= 0.6 is 23.2 Å². The molecule has 0 saturated carbocycles. The van der Waals surface area contributed by atoms with Crippen molar-refractivity contribution in [2.45, 2.75) is 12.0 Å². The van der Waals surface area contributed by atoms with Crippen LogP contribution in [0.4, 0.5) is 0 Å². The molecule has 0 heterocycles. The molecule has 0 fully saturated rings. The Morgan fingerprint density at radius 2 is 1.55 bits per heavy atom. The highest BCUT2D eigenvalue weighted by molar-refractivity contribution is 6.35. The lowest BCUT2D eigenvalue weighted by atomic mass is 9.93. The highest BCUT2D eigenvalue weighted by atomic mass is 35.5. The molecule has 4 rings (SSSR count). The largest absolute Gasteiger partial charge is 0.481 e. The van der Waals surface area contributed by atoms with Crippen LogP contribution in [0.15, 0.2) is 66.7 Å². The Labute approximate surface area is 189 Å². The number of carbonyl (C=O) groups excluding carboxylic acids is 1. The molecule has 0 amide bonds. The van der Waals surface area contributed by atoms with Crippen LogP contribution in [0, 0.1) is 5.92 Å². The van der Waals surface area contributed by atoms with Crippen molar-refractivity contribution in [3.63, 3.8) is 0 Å². The number of rotatable bonds is 6. The van der Waals surface area contributed by atoms with Crippen LogP contribution < -0.4 is 5.73 Å². The van der Waals surface area contributed by atoms with Crippen LogP contribution in [-0.4, -0.2) is 23.7 Å². The summed E-state index contributed by atoms with van der Waals surface area (Å²) in [5, 5.41) is 10.3. The third-order valence-corrected chi connectivity index (χ3v) is 6.12. The van der Waals surface area contributed by atoms with Crippen molar-refractivity contribution in [2.75, 3.05) is 6.61 Å². The molecule has 158 valence electrons. The number of halogens is 2. The van der Waals surface area contributed by atoms with Gasteiger partial charge in [0.05, 0.1) is 6.04 Å². The minimum Gasteiger partial charge on any atom is -0.481 e. The van der Waals surface area contributed by atoms with Gasteiger partial charge >= 0.3 is 11.9 Å². The van der Waals surface area contributed by atoms with E-state index in [1.54, 1.807) is 6.07 Å². The second-order valence-corrected chi connectivity index (χ2v) is 8.21. The van der Waals surface area contributed by atoms with E-state index < -0.39 is 23.9 Å². The van der Waals surface area contributed by atoms with E-state index in [1.807, 2.05) is 48.5 Å². The Kier molecular flexibility index (Phi) is 6.01. The lowest BCUT2D eigenvalue weighted by molar-refractivity contribution is -0.160. The number of hydrogen-bond donors (Lipinski definition) is 2. The molecule has 0 aliphatic heterocycles. The van der Waals surface area contributed by atoms with E-state index in [2.05, 4.69) is 0 Å². The molecular formula is C24H19Cl2NO4. The maximum Gasteiger partial charge on any atom is 0.322 e. The molecular weight excluding hydrogens is 437 g/mol. The van der Waals surface area contributed by atoms with Gasteiger partial charge in [-0.1, -0.05) is 77.8 Å². The zero-order chi connectivity index (χ0) is 22.1. The Morgan fingerprint density at radius 3 is 2.10 bits per heavy atom. The van der Waals surface area contributed by atoms with Crippen molar-refractivity contribution in [2.24, 2.45) is 11.7 Å². The maximum atomic E-state index is 12.8. The van der Waals surface area contributed by atoms with Crippen molar-refractivity contribution in [1.82, 2.24) is 0 Å². The Hall–Kier alpha value is -2.86. The third-order valence-electron chi connectivity index (χ3n) is 5.56. The molecule has 5 nitrogen and oxygen atoms in total. The number of ether oxygens (including phenoxy) is 1. The fourth-order valence-electron chi connectivity index (χ4n) is 4.05. The molecule has 0 spiro atoms. The van der Waals surface area contributed by atoms with Gasteiger partial charge in [-0.05, 0) is 39.9 Å². The Bertz CT molecular complexity index is 1120. The maximum absolute atomic E-state index is 12.8. The minimum atomic E-state index is -1.61. The normalized spacial score (nSPS) is 14.4. The zero-order valence-corrected chi connectivity index (χ0v) is 17.8. The van der Waals surface area contributed by atoms with Crippen molar-refractivity contribution < 1.29 is 19.4 Å². The molecule has 3 aromatic rings. The molecule has 0 aromatic heterocycles. The van der Waals surface area contributed by atoms with Crippen LogP contribution in [0.25, 0.3) is 11.1 Å². The summed E-state index contributed by atoms with van der Waals surface area (Å²) in [5.74, 6) is -4.07. The molecule has 1 aliphatic rings. The predicted octanol–water partition coefficient (Wildman–Crippen LogP) is 5.05. The summed E-state index contributed by atoms with van der Waals surface area (Å²) in [4.78, 5) is 24.7. The summed E-state index contributed by atoms with van der Waals surface area (Å²) < 4.78 is 5.50. The van der Waals surface area contributed by atoms with Gasteiger partial charge in [0.1, 0.15) is 6.61 Å². The van der Waals surface area contributed by atoms with E-state index in [1.165, 1.54) is 12.1 Å². The number of benzene rings is 3. The predicted molar refractivity (Wildman–Crippen MR) is 119 cm³/mol. The van der Waals surface area contributed by atoms with Gasteiger partial charge in [0.25, 0.3) is 0 Å². The first-order chi connectivity index (χ1) is 14.9. The monoisotopic (exact) mass is 455 g/mol. The van der Waals surface area contributed by atoms with Gasteiger partial charge in [-0.3, -0.25) is 9.59 Å². The fraction of sp³-hybridized carbons (Fsp3) is 0.167. The van der Waals surface area contributed by atoms with Gasteiger partial charge < -0.3 is 15.6 Å². The molecule has 3 N–H and O–H groups in total. The lowest BCUT2D eigenvalue weighted by Crippen LogP contribution is -2.36. The second-order valence-electron chi connectivity index (χ2n) is 7.36. The quantitative estimate of drug-likeness (QED) is 0.400. The second kappa shape index (κ2) is 8.71. The smallest absolute Gasteiger partial charge is 0.322 e. The van der Waals surface area contributed by atoms with Gasteiger partial charge in [-0.2, -0.15) is 0 Å². The summed E-state index contributed by atoms with van der Waals surface area (Å²) in [6, 6.07) is 19.1. The van der Waals surface area contributed by atoms with Crippen LogP contribution in [0.1, 0.15) is 28.7 Å². The highest BCUT2D eigenvalue weighted by Gasteiger charge is 2.37. The molecule has 3 aromatic carbocycles. The first-order valence-corrected chi connectivity index (χ1v) is 10.4. The van der Waals surface area contributed by atoms with E-state index in [4.69, 9.17) is 33.7 Å². The third kappa shape index (κ3) is 4.04. The van der Waals surface area contributed by atoms with Gasteiger partial charge in [0.2, 0.25) is 0 Å².